The van der Waals surface area contributed by atoms with E-state index in [1.165, 1.54) is 11.8 Å². The highest BCUT2D eigenvalue weighted by Crippen LogP contribution is 2.12. The Kier molecular flexibility index (Phi) is 1.92. The Labute approximate surface area is 61.8 Å². The first-order chi connectivity index (χ1) is 4.20. The molecule has 2 N–H and O–H groups in total. The molecule has 0 bridgehead atoms. The molecule has 0 aromatic carbocycles. The Balaban J connectivity index is 2.48. The van der Waals surface area contributed by atoms with E-state index in [1.807, 2.05) is 0 Å². The van der Waals surface area contributed by atoms with Crippen molar-refractivity contribution in [3.63, 3.8) is 0 Å². The molecule has 0 amide bonds. The number of thioether (sulfide) groups is 1. The first-order valence-electron chi connectivity index (χ1n) is 2.36. The maximum atomic E-state index is 10.2. The fourth-order valence-corrected chi connectivity index (χ4v) is 1.63. The van der Waals surface area contributed by atoms with E-state index in [0.29, 0.717) is 10.1 Å². The molecule has 0 spiro atoms. The average molecular weight is 166 g/mol. The van der Waals surface area contributed by atoms with Crippen LogP contribution in [0.15, 0.2) is 0 Å². The summed E-state index contributed by atoms with van der Waals surface area (Å²) < 4.78 is 0.586. The quantitative estimate of drug-likeness (QED) is 0.426. The molecule has 9 heavy (non-hydrogen) atoms. The third kappa shape index (κ3) is 1.56. The Morgan fingerprint density at radius 1 is 2.00 bits per heavy atom. The van der Waals surface area contributed by atoms with Crippen LogP contribution in [0.3, 0.4) is 0 Å². The first-order valence-corrected chi connectivity index (χ1v) is 3.75. The van der Waals surface area contributed by atoms with Gasteiger partial charge in [-0.15, -0.1) is 0 Å². The molecule has 1 heterocycles. The van der Waals surface area contributed by atoms with Crippen molar-refractivity contribution in [1.82, 2.24) is 5.32 Å². The summed E-state index contributed by atoms with van der Waals surface area (Å²) >= 11 is 6.08. The fraction of sp³-hybridized carbons (Fsp3) is 0.500. The zero-order valence-electron chi connectivity index (χ0n) is 4.46. The van der Waals surface area contributed by atoms with Crippen molar-refractivity contribution >= 4 is 34.3 Å². The highest BCUT2D eigenvalue weighted by Gasteiger charge is 2.24. The van der Waals surface area contributed by atoms with E-state index in [2.05, 4.69) is 5.32 Å². The molecule has 1 atom stereocenters. The van der Waals surface area contributed by atoms with Crippen LogP contribution in [-0.2, 0) is 4.79 Å². The Bertz CT molecular complexity index is 159. The number of hydrogen-bond donors (Lipinski definition) is 2. The molecule has 1 aliphatic heterocycles. The normalized spacial score (nSPS) is 25.8. The van der Waals surface area contributed by atoms with E-state index in [-0.39, 0.29) is 0 Å². The second-order valence-corrected chi connectivity index (χ2v) is 3.33. The summed E-state index contributed by atoms with van der Waals surface area (Å²) in [7, 11) is 0. The monoisotopic (exact) mass is 166 g/mol. The predicted octanol–water partition coefficient (Wildman–Crippen LogP) is 0.0609. The number of hydrogen-bond acceptors (Lipinski definition) is 3. The molecule has 1 aliphatic rings. The van der Waals surface area contributed by atoms with Crippen LogP contribution in [0.4, 0.5) is 0 Å². The van der Waals surface area contributed by atoms with Crippen LogP contribution in [0.2, 0.25) is 0 Å². The maximum absolute atomic E-state index is 10.2. The molecule has 1 rings (SSSR count). The van der Waals surface area contributed by atoms with Crippen molar-refractivity contribution < 1.29 is 9.90 Å². The van der Waals surface area contributed by atoms with Gasteiger partial charge in [-0.2, -0.15) is 0 Å². The number of carboxylic acids is 1. The van der Waals surface area contributed by atoms with E-state index in [9.17, 15) is 4.79 Å². The summed E-state index contributed by atoms with van der Waals surface area (Å²) in [6.45, 7) is 0. The molecule has 0 saturated carbocycles. The molecule has 0 radical (unpaired) electrons. The van der Waals surface area contributed by atoms with Crippen molar-refractivity contribution in [3.05, 3.63) is 0 Å². The third-order valence-corrected chi connectivity index (χ3v) is 2.32. The standard InChI is InChI=1S/C4H5NO2S2/c6-3(7)2-1-9-4(8)5-2/h2H,1H2,(H,5,8)(H,6,7)/t2-/m0/s1/i1+1,2+1,3+1. The van der Waals surface area contributed by atoms with Gasteiger partial charge in [0.15, 0.2) is 0 Å². The molecule has 1 saturated heterocycles. The lowest BCUT2D eigenvalue weighted by atomic mass is 11.2. The van der Waals surface area contributed by atoms with Gasteiger partial charge in [0.05, 0.1) is 0 Å². The molecule has 0 aromatic heterocycles. The van der Waals surface area contributed by atoms with Gasteiger partial charge in [-0.05, 0) is 0 Å². The molecule has 0 aromatic rings. The number of carboxylic acid groups (broad SMARTS) is 1. The molecule has 0 unspecified atom stereocenters. The summed E-state index contributed by atoms with van der Waals surface area (Å²) in [5.41, 5.74) is 0. The zero-order valence-corrected chi connectivity index (χ0v) is 6.09. The van der Waals surface area contributed by atoms with E-state index < -0.39 is 12.0 Å². The zero-order chi connectivity index (χ0) is 6.85. The van der Waals surface area contributed by atoms with E-state index >= 15 is 0 Å². The Morgan fingerprint density at radius 2 is 2.67 bits per heavy atom. The minimum Gasteiger partial charge on any atom is -0.480 e. The van der Waals surface area contributed by atoms with Crippen molar-refractivity contribution in [1.29, 1.82) is 0 Å². The summed E-state index contributed by atoms with van der Waals surface area (Å²) in [5, 5.41) is 11.0. The van der Waals surface area contributed by atoms with Crippen molar-refractivity contribution in [2.45, 2.75) is 6.04 Å². The topological polar surface area (TPSA) is 49.3 Å². The van der Waals surface area contributed by atoms with E-state index in [0.717, 1.165) is 0 Å². The lowest BCUT2D eigenvalue weighted by Crippen LogP contribution is -2.33. The second-order valence-electron chi connectivity index (χ2n) is 1.63. The van der Waals surface area contributed by atoms with Gasteiger partial charge in [0.2, 0.25) is 0 Å². The molecule has 5 heteroatoms. The predicted molar refractivity (Wildman–Crippen MR) is 39.6 cm³/mol. The van der Waals surface area contributed by atoms with Gasteiger partial charge in [-0.25, -0.2) is 4.79 Å². The highest BCUT2D eigenvalue weighted by atomic mass is 32.2. The number of nitrogens with one attached hydrogen (secondary N) is 1. The minimum absolute atomic E-state index is 0.470. The maximum Gasteiger partial charge on any atom is 0.327 e. The largest absolute Gasteiger partial charge is 0.480 e. The van der Waals surface area contributed by atoms with Gasteiger partial charge in [0.1, 0.15) is 10.4 Å². The second kappa shape index (κ2) is 2.53. The number of rotatable bonds is 1. The molecule has 1 fully saturated rings. The Morgan fingerprint density at radius 3 is 2.89 bits per heavy atom. The molecule has 0 aliphatic carbocycles. The van der Waals surface area contributed by atoms with Crippen LogP contribution in [0.1, 0.15) is 0 Å². The summed E-state index contributed by atoms with van der Waals surface area (Å²) in [6, 6.07) is -0.470. The van der Waals surface area contributed by atoms with Crippen molar-refractivity contribution in [3.8, 4) is 0 Å². The lowest BCUT2D eigenvalue weighted by Gasteiger charge is -1.99. The molecular weight excluding hydrogens is 161 g/mol. The van der Waals surface area contributed by atoms with Gasteiger partial charge in [0.25, 0.3) is 0 Å². The SMILES string of the molecule is O=[13C](O)[13C@@H]1[13CH2]SC(=S)N1. The first kappa shape index (κ1) is 6.82. The van der Waals surface area contributed by atoms with Crippen molar-refractivity contribution in [2.24, 2.45) is 0 Å². The lowest BCUT2D eigenvalue weighted by molar-refractivity contribution is -0.138. The van der Waals surface area contributed by atoms with Crippen LogP contribution >= 0.6 is 24.0 Å². The van der Waals surface area contributed by atoms with E-state index in [1.54, 1.807) is 0 Å². The van der Waals surface area contributed by atoms with Gasteiger partial charge < -0.3 is 10.4 Å². The van der Waals surface area contributed by atoms with Gasteiger partial charge in [-0.3, -0.25) is 0 Å². The van der Waals surface area contributed by atoms with Gasteiger partial charge in [-0.1, -0.05) is 24.0 Å². The summed E-state index contributed by atoms with van der Waals surface area (Å²) in [5.74, 6) is -0.281. The number of carbonyl (C=O) groups is 1. The van der Waals surface area contributed by atoms with Crippen LogP contribution in [0.25, 0.3) is 0 Å². The summed E-state index contributed by atoms with van der Waals surface area (Å²) in [4.78, 5) is 10.2. The fourth-order valence-electron chi connectivity index (χ4n) is 0.518. The third-order valence-electron chi connectivity index (χ3n) is 0.971. The minimum atomic E-state index is -0.831. The average Bonchev–Trinajstić information content (AvgIpc) is 2.14. The smallest absolute Gasteiger partial charge is 0.327 e. The van der Waals surface area contributed by atoms with E-state index in [4.69, 9.17) is 17.3 Å². The number of thiocarbonyl (C=S) groups is 1. The van der Waals surface area contributed by atoms with Crippen LogP contribution < -0.4 is 5.32 Å². The number of aliphatic carboxylic acids is 1. The van der Waals surface area contributed by atoms with Crippen LogP contribution in [0.5, 0.6) is 0 Å². The van der Waals surface area contributed by atoms with Crippen LogP contribution in [-0.4, -0.2) is 27.2 Å². The summed E-state index contributed by atoms with van der Waals surface area (Å²) in [6.07, 6.45) is 0. The van der Waals surface area contributed by atoms with Gasteiger partial charge >= 0.3 is 5.97 Å². The molecular formula is C4H5NO2S2. The molecule has 50 valence electrons. The Hall–Kier alpha value is -0.290. The molecule has 3 nitrogen and oxygen atoms in total. The van der Waals surface area contributed by atoms with Crippen molar-refractivity contribution in [2.75, 3.05) is 5.75 Å². The van der Waals surface area contributed by atoms with Gasteiger partial charge in [0, 0.05) is 5.75 Å². The van der Waals surface area contributed by atoms with Crippen LogP contribution in [0, 0.1) is 0 Å². The highest BCUT2D eigenvalue weighted by molar-refractivity contribution is 8.23.